The molecule has 0 spiro atoms. The molecule has 4 heteroatoms. The molecule has 0 aliphatic carbocycles. The Balaban J connectivity index is 3.81. The minimum absolute atomic E-state index is 0.0812. The Labute approximate surface area is 76.9 Å². The van der Waals surface area contributed by atoms with Gasteiger partial charge in [-0.1, -0.05) is 20.8 Å². The van der Waals surface area contributed by atoms with Crippen LogP contribution < -0.4 is 0 Å². The van der Waals surface area contributed by atoms with E-state index in [1.807, 2.05) is 13.8 Å². The molecule has 0 aliphatic heterocycles. The molecule has 0 rings (SSSR count). The summed E-state index contributed by atoms with van der Waals surface area (Å²) < 4.78 is 35.3. The van der Waals surface area contributed by atoms with Crippen molar-refractivity contribution in [1.29, 1.82) is 0 Å². The zero-order valence-electron chi connectivity index (χ0n) is 8.23. The molecule has 0 fully saturated rings. The van der Waals surface area contributed by atoms with Crippen molar-refractivity contribution in [1.82, 2.24) is 0 Å². The molecule has 0 saturated heterocycles. The summed E-state index contributed by atoms with van der Waals surface area (Å²) in [7, 11) is 0. The molecule has 0 aromatic carbocycles. The Morgan fingerprint density at radius 2 is 1.62 bits per heavy atom. The molecule has 0 bridgehead atoms. The van der Waals surface area contributed by atoms with E-state index in [2.05, 4.69) is 0 Å². The van der Waals surface area contributed by atoms with Crippen LogP contribution >= 0.6 is 0 Å². The van der Waals surface area contributed by atoms with Gasteiger partial charge in [0.1, 0.15) is 0 Å². The molecule has 1 N–H and O–H groups in total. The first-order valence-electron chi connectivity index (χ1n) is 4.49. The molecule has 0 aromatic rings. The first kappa shape index (κ1) is 12.8. The van der Waals surface area contributed by atoms with Crippen molar-refractivity contribution < 1.29 is 18.3 Å². The van der Waals surface area contributed by atoms with E-state index in [-0.39, 0.29) is 18.3 Å². The summed E-state index contributed by atoms with van der Waals surface area (Å²) in [6, 6.07) is 0. The van der Waals surface area contributed by atoms with Gasteiger partial charge in [-0.3, -0.25) is 0 Å². The molecule has 2 unspecified atom stereocenters. The Hall–Kier alpha value is -0.250. The van der Waals surface area contributed by atoms with Gasteiger partial charge in [0.05, 0.1) is 6.10 Å². The highest BCUT2D eigenvalue weighted by molar-refractivity contribution is 4.69. The van der Waals surface area contributed by atoms with Crippen molar-refractivity contribution in [3.63, 3.8) is 0 Å². The van der Waals surface area contributed by atoms with Crippen LogP contribution in [0.3, 0.4) is 0 Å². The van der Waals surface area contributed by atoms with Crippen LogP contribution in [0.1, 0.15) is 33.6 Å². The highest BCUT2D eigenvalue weighted by atomic mass is 19.4. The minimum Gasteiger partial charge on any atom is -0.393 e. The third kappa shape index (κ3) is 5.91. The lowest BCUT2D eigenvalue weighted by atomic mass is 9.90. The van der Waals surface area contributed by atoms with Crippen molar-refractivity contribution in [2.24, 2.45) is 11.8 Å². The second-order valence-corrected chi connectivity index (χ2v) is 3.82. The maximum Gasteiger partial charge on any atom is 0.389 e. The van der Waals surface area contributed by atoms with Crippen LogP contribution in [-0.2, 0) is 0 Å². The van der Waals surface area contributed by atoms with Crippen LogP contribution in [-0.4, -0.2) is 17.4 Å². The van der Waals surface area contributed by atoms with Gasteiger partial charge in [-0.2, -0.15) is 13.2 Å². The van der Waals surface area contributed by atoms with Gasteiger partial charge in [-0.05, 0) is 18.3 Å². The molecule has 2 atom stereocenters. The highest BCUT2D eigenvalue weighted by Crippen LogP contribution is 2.25. The van der Waals surface area contributed by atoms with Gasteiger partial charge in [0.15, 0.2) is 0 Å². The quantitative estimate of drug-likeness (QED) is 0.736. The fourth-order valence-electron chi connectivity index (χ4n) is 1.02. The van der Waals surface area contributed by atoms with Crippen LogP contribution in [0.25, 0.3) is 0 Å². The summed E-state index contributed by atoms with van der Waals surface area (Å²) in [6.07, 6.45) is -6.09. The van der Waals surface area contributed by atoms with Gasteiger partial charge in [-0.15, -0.1) is 0 Å². The first-order chi connectivity index (χ1) is 5.74. The highest BCUT2D eigenvalue weighted by Gasteiger charge is 2.29. The number of alkyl halides is 3. The van der Waals surface area contributed by atoms with Crippen LogP contribution in [0.15, 0.2) is 0 Å². The third-order valence-corrected chi connectivity index (χ3v) is 2.38. The van der Waals surface area contributed by atoms with E-state index in [9.17, 15) is 18.3 Å². The van der Waals surface area contributed by atoms with Gasteiger partial charge in [0.25, 0.3) is 0 Å². The normalized spacial score (nSPS) is 17.5. The monoisotopic (exact) mass is 198 g/mol. The predicted molar refractivity (Wildman–Crippen MR) is 45.3 cm³/mol. The van der Waals surface area contributed by atoms with E-state index in [1.165, 1.54) is 0 Å². The van der Waals surface area contributed by atoms with Gasteiger partial charge in [-0.25, -0.2) is 0 Å². The number of halogens is 3. The zero-order chi connectivity index (χ0) is 10.6. The molecule has 0 heterocycles. The van der Waals surface area contributed by atoms with Crippen LogP contribution in [0, 0.1) is 11.8 Å². The SMILES string of the molecule is CC(C)C(C)C(O)CCC(F)(F)F. The number of aliphatic hydroxyl groups excluding tert-OH is 1. The lowest BCUT2D eigenvalue weighted by Gasteiger charge is -2.22. The van der Waals surface area contributed by atoms with Gasteiger partial charge >= 0.3 is 6.18 Å². The molecule has 0 radical (unpaired) electrons. The molecule has 0 aliphatic rings. The van der Waals surface area contributed by atoms with Gasteiger partial charge in [0.2, 0.25) is 0 Å². The molecule has 0 saturated carbocycles. The number of aliphatic hydroxyl groups is 1. The van der Waals surface area contributed by atoms with Crippen LogP contribution in [0.4, 0.5) is 13.2 Å². The van der Waals surface area contributed by atoms with Gasteiger partial charge < -0.3 is 5.11 Å². The van der Waals surface area contributed by atoms with E-state index in [0.717, 1.165) is 0 Å². The Bertz CT molecular complexity index is 142. The fraction of sp³-hybridized carbons (Fsp3) is 1.00. The van der Waals surface area contributed by atoms with E-state index in [4.69, 9.17) is 0 Å². The molecular weight excluding hydrogens is 181 g/mol. The topological polar surface area (TPSA) is 20.2 Å². The second-order valence-electron chi connectivity index (χ2n) is 3.82. The summed E-state index contributed by atoms with van der Waals surface area (Å²) >= 11 is 0. The fourth-order valence-corrected chi connectivity index (χ4v) is 1.02. The first-order valence-corrected chi connectivity index (χ1v) is 4.49. The third-order valence-electron chi connectivity index (χ3n) is 2.38. The van der Waals surface area contributed by atoms with E-state index < -0.39 is 18.7 Å². The summed E-state index contributed by atoms with van der Waals surface area (Å²) in [5.41, 5.74) is 0. The zero-order valence-corrected chi connectivity index (χ0v) is 8.23. The Kier molecular flexibility index (Phi) is 4.75. The molecule has 0 aromatic heterocycles. The molecule has 13 heavy (non-hydrogen) atoms. The standard InChI is InChI=1S/C9H17F3O/c1-6(2)7(3)8(13)4-5-9(10,11)12/h6-8,13H,4-5H2,1-3H3. The summed E-state index contributed by atoms with van der Waals surface area (Å²) in [6.45, 7) is 5.55. The van der Waals surface area contributed by atoms with Crippen molar-refractivity contribution in [2.75, 3.05) is 0 Å². The second kappa shape index (κ2) is 4.84. The Morgan fingerprint density at radius 1 is 1.15 bits per heavy atom. The minimum atomic E-state index is -4.16. The number of rotatable bonds is 4. The van der Waals surface area contributed by atoms with Crippen molar-refractivity contribution in [2.45, 2.75) is 45.9 Å². The maximum absolute atomic E-state index is 11.8. The lowest BCUT2D eigenvalue weighted by Crippen LogP contribution is -2.24. The lowest BCUT2D eigenvalue weighted by molar-refractivity contribution is -0.141. The average molecular weight is 198 g/mol. The van der Waals surface area contributed by atoms with Gasteiger partial charge in [0, 0.05) is 6.42 Å². The van der Waals surface area contributed by atoms with E-state index >= 15 is 0 Å². The summed E-state index contributed by atoms with van der Waals surface area (Å²) in [5, 5.41) is 9.35. The number of hydrogen-bond acceptors (Lipinski definition) is 1. The number of hydrogen-bond donors (Lipinski definition) is 1. The largest absolute Gasteiger partial charge is 0.393 e. The molecule has 1 nitrogen and oxygen atoms in total. The molecule has 80 valence electrons. The predicted octanol–water partition coefficient (Wildman–Crippen LogP) is 2.98. The molecule has 0 amide bonds. The maximum atomic E-state index is 11.8. The summed E-state index contributed by atoms with van der Waals surface area (Å²) in [5.74, 6) is 0.130. The van der Waals surface area contributed by atoms with Crippen molar-refractivity contribution in [3.8, 4) is 0 Å². The van der Waals surface area contributed by atoms with Crippen LogP contribution in [0.5, 0.6) is 0 Å². The van der Waals surface area contributed by atoms with Crippen molar-refractivity contribution in [3.05, 3.63) is 0 Å². The van der Waals surface area contributed by atoms with E-state index in [1.54, 1.807) is 6.92 Å². The molecular formula is C9H17F3O. The van der Waals surface area contributed by atoms with E-state index in [0.29, 0.717) is 0 Å². The van der Waals surface area contributed by atoms with Crippen molar-refractivity contribution >= 4 is 0 Å². The Morgan fingerprint density at radius 3 is 1.92 bits per heavy atom. The smallest absolute Gasteiger partial charge is 0.389 e. The van der Waals surface area contributed by atoms with Crippen LogP contribution in [0.2, 0.25) is 0 Å². The summed E-state index contributed by atoms with van der Waals surface area (Å²) in [4.78, 5) is 0. The average Bonchev–Trinajstić information content (AvgIpc) is 1.97.